The molecule has 0 saturated carbocycles. The summed E-state index contributed by atoms with van der Waals surface area (Å²) in [5.41, 5.74) is 10.2. The number of hydrogen-bond donors (Lipinski definition) is 2. The van der Waals surface area contributed by atoms with Crippen molar-refractivity contribution in [3.8, 4) is 11.1 Å². The Morgan fingerprint density at radius 3 is 1.71 bits per heavy atom. The quantitative estimate of drug-likeness (QED) is 0.197. The first-order valence-electron chi connectivity index (χ1n) is 17.2. The lowest BCUT2D eigenvalue weighted by Crippen LogP contribution is -2.45. The number of rotatable bonds is 4. The van der Waals surface area contributed by atoms with Crippen LogP contribution in [0.5, 0.6) is 0 Å². The molecular weight excluding hydrogens is 631 g/mol. The van der Waals surface area contributed by atoms with Gasteiger partial charge >= 0.3 is 0 Å². The maximum atomic E-state index is 6.63. The Bertz CT molecular complexity index is 3000. The van der Waals surface area contributed by atoms with Crippen molar-refractivity contribution in [3.05, 3.63) is 168 Å². The number of hydrogen-bond acceptors (Lipinski definition) is 6. The largest absolute Gasteiger partial charge is 0.456 e. The van der Waals surface area contributed by atoms with E-state index in [-0.39, 0.29) is 12.3 Å². The van der Waals surface area contributed by atoms with Gasteiger partial charge in [-0.05, 0) is 35.9 Å². The van der Waals surface area contributed by atoms with Gasteiger partial charge in [-0.15, -0.1) is 0 Å². The standard InChI is InChI=1S/C45H29N3O3/c1-2-11-26(12-3-1)43-46-44(48-45(47-43)35-20-10-16-31-29-14-5-7-22-38(29)50-42(31)35)27-23-24-39-36(25-27)34-19-9-18-33(41(34)51-39)32-17-8-15-30-28-13-4-6-21-37(28)49-40(30)32/h1-25,43,45,47H,(H,46,48). The summed E-state index contributed by atoms with van der Waals surface area (Å²) in [7, 11) is 0. The number of fused-ring (bicyclic) bond motifs is 9. The molecule has 0 radical (unpaired) electrons. The lowest BCUT2D eigenvalue weighted by molar-refractivity contribution is 0.408. The normalized spacial score (nSPS) is 16.4. The minimum absolute atomic E-state index is 0.264. The van der Waals surface area contributed by atoms with Gasteiger partial charge in [0, 0.05) is 54.6 Å². The van der Waals surface area contributed by atoms with E-state index in [1.807, 2.05) is 36.4 Å². The zero-order chi connectivity index (χ0) is 33.5. The zero-order valence-electron chi connectivity index (χ0n) is 27.3. The topological polar surface area (TPSA) is 75.8 Å². The minimum Gasteiger partial charge on any atom is -0.456 e. The molecule has 6 heteroatoms. The van der Waals surface area contributed by atoms with Gasteiger partial charge in [0.15, 0.2) is 0 Å². The SMILES string of the molecule is c1ccc(C2N=C(c3ccc4oc5c(-c6cccc7c6oc6ccccc67)cccc5c4c3)NC(c3cccc4c3oc3ccccc34)N2)cc1. The predicted octanol–water partition coefficient (Wildman–Crippen LogP) is 11.4. The molecule has 0 saturated heterocycles. The summed E-state index contributed by atoms with van der Waals surface area (Å²) in [5.74, 6) is 0.792. The molecule has 0 spiro atoms. The van der Waals surface area contributed by atoms with Crippen molar-refractivity contribution in [2.24, 2.45) is 4.99 Å². The van der Waals surface area contributed by atoms with Crippen LogP contribution in [0.25, 0.3) is 76.9 Å². The van der Waals surface area contributed by atoms with Crippen molar-refractivity contribution in [2.45, 2.75) is 12.3 Å². The van der Waals surface area contributed by atoms with Crippen molar-refractivity contribution in [3.63, 3.8) is 0 Å². The highest BCUT2D eigenvalue weighted by molar-refractivity contribution is 6.16. The fraction of sp³-hybridized carbons (Fsp3) is 0.0444. The van der Waals surface area contributed by atoms with Crippen LogP contribution in [0, 0.1) is 0 Å². The second-order valence-corrected chi connectivity index (χ2v) is 13.1. The molecule has 242 valence electrons. The van der Waals surface area contributed by atoms with E-state index in [0.29, 0.717) is 0 Å². The third kappa shape index (κ3) is 4.37. The first kappa shape index (κ1) is 28.2. The van der Waals surface area contributed by atoms with Crippen LogP contribution in [0.1, 0.15) is 29.0 Å². The second-order valence-electron chi connectivity index (χ2n) is 13.1. The average Bonchev–Trinajstić information content (AvgIpc) is 3.89. The van der Waals surface area contributed by atoms with Gasteiger partial charge in [-0.25, -0.2) is 4.99 Å². The number of amidine groups is 1. The molecule has 1 aliphatic heterocycles. The summed E-state index contributed by atoms with van der Waals surface area (Å²) >= 11 is 0. The van der Waals surface area contributed by atoms with E-state index < -0.39 is 0 Å². The molecule has 3 aromatic heterocycles. The van der Waals surface area contributed by atoms with Crippen LogP contribution in [-0.4, -0.2) is 5.84 Å². The zero-order valence-corrected chi connectivity index (χ0v) is 27.3. The molecule has 0 bridgehead atoms. The van der Waals surface area contributed by atoms with Crippen molar-refractivity contribution in [1.82, 2.24) is 10.6 Å². The van der Waals surface area contributed by atoms with E-state index in [1.54, 1.807) is 0 Å². The number of nitrogens with one attached hydrogen (secondary N) is 2. The summed E-state index contributed by atoms with van der Waals surface area (Å²) < 4.78 is 19.5. The van der Waals surface area contributed by atoms with Crippen molar-refractivity contribution in [2.75, 3.05) is 0 Å². The van der Waals surface area contributed by atoms with E-state index in [4.69, 9.17) is 18.2 Å². The minimum atomic E-state index is -0.278. The number of benzene rings is 7. The summed E-state index contributed by atoms with van der Waals surface area (Å²) in [6.07, 6.45) is -0.542. The van der Waals surface area contributed by atoms with Gasteiger partial charge in [0.25, 0.3) is 0 Å². The van der Waals surface area contributed by atoms with E-state index in [0.717, 1.165) is 99.5 Å². The number of aliphatic imine (C=N–C) groups is 1. The van der Waals surface area contributed by atoms with Crippen LogP contribution in [-0.2, 0) is 0 Å². The maximum absolute atomic E-state index is 6.63. The van der Waals surface area contributed by atoms with E-state index in [1.165, 1.54) is 0 Å². The third-order valence-corrected chi connectivity index (χ3v) is 10.2. The molecular formula is C45H29N3O3. The maximum Gasteiger partial charge on any atom is 0.143 e. The monoisotopic (exact) mass is 659 g/mol. The van der Waals surface area contributed by atoms with Gasteiger partial charge in [-0.1, -0.05) is 121 Å². The van der Waals surface area contributed by atoms with Crippen LogP contribution in [0.3, 0.4) is 0 Å². The fourth-order valence-electron chi connectivity index (χ4n) is 7.78. The van der Waals surface area contributed by atoms with Gasteiger partial charge < -0.3 is 18.6 Å². The third-order valence-electron chi connectivity index (χ3n) is 10.2. The van der Waals surface area contributed by atoms with Crippen LogP contribution in [0.2, 0.25) is 0 Å². The summed E-state index contributed by atoms with van der Waals surface area (Å²) in [5, 5.41) is 13.9. The van der Waals surface area contributed by atoms with Crippen LogP contribution in [0.4, 0.5) is 0 Å². The fourth-order valence-corrected chi connectivity index (χ4v) is 7.78. The number of furan rings is 3. The Labute approximate surface area is 291 Å². The molecule has 4 heterocycles. The molecule has 51 heavy (non-hydrogen) atoms. The van der Waals surface area contributed by atoms with Crippen LogP contribution >= 0.6 is 0 Å². The highest BCUT2D eigenvalue weighted by Gasteiger charge is 2.28. The van der Waals surface area contributed by atoms with E-state index in [9.17, 15) is 0 Å². The van der Waals surface area contributed by atoms with Crippen LogP contribution < -0.4 is 10.6 Å². The summed E-state index contributed by atoms with van der Waals surface area (Å²) in [6.45, 7) is 0. The number of para-hydroxylation sites is 5. The molecule has 6 nitrogen and oxygen atoms in total. The van der Waals surface area contributed by atoms with Gasteiger partial charge in [-0.2, -0.15) is 0 Å². The Hall–Kier alpha value is -6.63. The Morgan fingerprint density at radius 1 is 0.451 bits per heavy atom. The van der Waals surface area contributed by atoms with Gasteiger partial charge in [0.05, 0.1) is 0 Å². The first-order chi connectivity index (χ1) is 25.3. The number of nitrogens with zero attached hydrogens (tertiary/aromatic N) is 1. The Balaban J connectivity index is 1.05. The Kier molecular flexibility index (Phi) is 6.05. The molecule has 11 rings (SSSR count). The van der Waals surface area contributed by atoms with Crippen molar-refractivity contribution < 1.29 is 13.3 Å². The summed E-state index contributed by atoms with van der Waals surface area (Å²) in [4.78, 5) is 5.23. The Morgan fingerprint density at radius 2 is 1.00 bits per heavy atom. The van der Waals surface area contributed by atoms with Crippen molar-refractivity contribution in [1.29, 1.82) is 0 Å². The second kappa shape index (κ2) is 10.9. The van der Waals surface area contributed by atoms with Gasteiger partial charge in [0.1, 0.15) is 51.7 Å². The molecule has 10 aromatic rings. The molecule has 2 atom stereocenters. The smallest absolute Gasteiger partial charge is 0.143 e. The van der Waals surface area contributed by atoms with Gasteiger partial charge in [0.2, 0.25) is 0 Å². The lowest BCUT2D eigenvalue weighted by Gasteiger charge is -2.32. The van der Waals surface area contributed by atoms with Crippen LogP contribution in [0.15, 0.2) is 170 Å². The molecule has 2 unspecified atom stereocenters. The highest BCUT2D eigenvalue weighted by Crippen LogP contribution is 2.41. The molecule has 0 aliphatic carbocycles. The lowest BCUT2D eigenvalue weighted by atomic mass is 9.99. The molecule has 0 amide bonds. The predicted molar refractivity (Wildman–Crippen MR) is 205 cm³/mol. The highest BCUT2D eigenvalue weighted by atomic mass is 16.3. The molecule has 2 N–H and O–H groups in total. The molecule has 0 fully saturated rings. The molecule has 7 aromatic carbocycles. The first-order valence-corrected chi connectivity index (χ1v) is 17.2. The van der Waals surface area contributed by atoms with Gasteiger partial charge in [-0.3, -0.25) is 5.32 Å². The van der Waals surface area contributed by atoms with E-state index in [2.05, 4.69) is 126 Å². The summed E-state index contributed by atoms with van der Waals surface area (Å²) in [6, 6.07) is 52.0. The molecule has 1 aliphatic rings. The average molecular weight is 660 g/mol. The van der Waals surface area contributed by atoms with Crippen molar-refractivity contribution >= 4 is 71.7 Å². The van der Waals surface area contributed by atoms with E-state index >= 15 is 0 Å².